The van der Waals surface area contributed by atoms with Gasteiger partial charge in [-0.15, -0.1) is 0 Å². The highest BCUT2D eigenvalue weighted by Crippen LogP contribution is 2.33. The number of benzene rings is 1. The molecule has 0 spiro atoms. The van der Waals surface area contributed by atoms with Crippen molar-refractivity contribution in [1.82, 2.24) is 14.9 Å². The van der Waals surface area contributed by atoms with Gasteiger partial charge in [0.1, 0.15) is 18.2 Å². The average Bonchev–Trinajstić information content (AvgIpc) is 2.88. The van der Waals surface area contributed by atoms with Crippen molar-refractivity contribution in [1.29, 1.82) is 0 Å². The first-order chi connectivity index (χ1) is 17.3. The maximum absolute atomic E-state index is 12.8. The molecule has 0 bridgehead atoms. The second kappa shape index (κ2) is 11.5. The third kappa shape index (κ3) is 6.83. The lowest BCUT2D eigenvalue weighted by Gasteiger charge is -2.35. The molecule has 1 fully saturated rings. The van der Waals surface area contributed by atoms with Gasteiger partial charge in [-0.2, -0.15) is 13.2 Å². The lowest BCUT2D eigenvalue weighted by Crippen LogP contribution is -2.47. The minimum absolute atomic E-state index is 0.00151. The summed E-state index contributed by atoms with van der Waals surface area (Å²) in [7, 11) is 0. The van der Waals surface area contributed by atoms with E-state index >= 15 is 0 Å². The number of allylic oxidation sites excluding steroid dienone is 1. The molecule has 1 aromatic carbocycles. The number of hydrogen-bond acceptors (Lipinski definition) is 6. The van der Waals surface area contributed by atoms with Crippen molar-refractivity contribution in [2.24, 2.45) is 0 Å². The van der Waals surface area contributed by atoms with Crippen molar-refractivity contribution in [3.05, 3.63) is 88.8 Å². The molecule has 36 heavy (non-hydrogen) atoms. The van der Waals surface area contributed by atoms with Gasteiger partial charge in [0.15, 0.2) is 5.78 Å². The molecule has 6 nitrogen and oxygen atoms in total. The van der Waals surface area contributed by atoms with E-state index < -0.39 is 11.7 Å². The van der Waals surface area contributed by atoms with E-state index in [1.165, 1.54) is 6.08 Å². The summed E-state index contributed by atoms with van der Waals surface area (Å²) < 4.78 is 44.3. The Morgan fingerprint density at radius 3 is 2.39 bits per heavy atom. The van der Waals surface area contributed by atoms with E-state index in [1.807, 2.05) is 29.2 Å². The number of carbonyl (C=O) groups is 1. The molecular formula is C26H24ClF3N4O2. The summed E-state index contributed by atoms with van der Waals surface area (Å²) in [6, 6.07) is 11.7. The van der Waals surface area contributed by atoms with Crippen LogP contribution in [0.2, 0.25) is 5.02 Å². The van der Waals surface area contributed by atoms with Crippen LogP contribution in [0.25, 0.3) is 6.08 Å². The van der Waals surface area contributed by atoms with Crippen LogP contribution in [-0.4, -0.2) is 60.0 Å². The van der Waals surface area contributed by atoms with E-state index in [1.54, 1.807) is 30.6 Å². The lowest BCUT2D eigenvalue weighted by atomic mass is 10.1. The minimum Gasteiger partial charge on any atom is -0.492 e. The number of anilines is 1. The molecule has 0 atom stereocenters. The Morgan fingerprint density at radius 2 is 1.75 bits per heavy atom. The molecule has 2 aromatic heterocycles. The van der Waals surface area contributed by atoms with E-state index in [-0.39, 0.29) is 10.8 Å². The quantitative estimate of drug-likeness (QED) is 0.301. The Bertz CT molecular complexity index is 1200. The third-order valence-electron chi connectivity index (χ3n) is 5.77. The van der Waals surface area contributed by atoms with Gasteiger partial charge in [-0.3, -0.25) is 14.7 Å². The molecule has 3 heterocycles. The molecule has 188 valence electrons. The summed E-state index contributed by atoms with van der Waals surface area (Å²) in [6.07, 6.45) is 2.80. The number of ether oxygens (including phenoxy) is 1. The number of carbonyl (C=O) groups excluding carboxylic acids is 1. The van der Waals surface area contributed by atoms with Crippen LogP contribution in [0, 0.1) is 0 Å². The molecule has 0 radical (unpaired) electrons. The zero-order valence-electron chi connectivity index (χ0n) is 19.3. The Hall–Kier alpha value is -3.43. The van der Waals surface area contributed by atoms with Crippen LogP contribution in [0.15, 0.2) is 67.1 Å². The van der Waals surface area contributed by atoms with Crippen molar-refractivity contribution in [2.75, 3.05) is 44.2 Å². The smallest absolute Gasteiger partial charge is 0.417 e. The van der Waals surface area contributed by atoms with Gasteiger partial charge >= 0.3 is 6.18 Å². The van der Waals surface area contributed by atoms with Crippen LogP contribution >= 0.6 is 11.6 Å². The summed E-state index contributed by atoms with van der Waals surface area (Å²) in [5, 5.41) is 0.00151. The summed E-state index contributed by atoms with van der Waals surface area (Å²) in [6.45, 7) is 3.86. The summed E-state index contributed by atoms with van der Waals surface area (Å²) in [5.41, 5.74) is 0.617. The van der Waals surface area contributed by atoms with Crippen LogP contribution in [0.1, 0.15) is 21.5 Å². The number of alkyl halides is 3. The Balaban J connectivity index is 1.20. The first-order valence-corrected chi connectivity index (χ1v) is 11.7. The van der Waals surface area contributed by atoms with Gasteiger partial charge in [-0.1, -0.05) is 29.8 Å². The van der Waals surface area contributed by atoms with Gasteiger partial charge in [-0.25, -0.2) is 4.98 Å². The first-order valence-electron chi connectivity index (χ1n) is 11.3. The van der Waals surface area contributed by atoms with Crippen molar-refractivity contribution >= 4 is 29.3 Å². The van der Waals surface area contributed by atoms with Crippen LogP contribution in [-0.2, 0) is 6.18 Å². The highest BCUT2D eigenvalue weighted by atomic mass is 35.5. The second-order valence-electron chi connectivity index (χ2n) is 8.21. The maximum atomic E-state index is 12.8. The number of rotatable bonds is 8. The van der Waals surface area contributed by atoms with Crippen molar-refractivity contribution in [3.8, 4) is 5.75 Å². The van der Waals surface area contributed by atoms with Crippen molar-refractivity contribution in [2.45, 2.75) is 6.18 Å². The molecule has 10 heteroatoms. The van der Waals surface area contributed by atoms with Crippen molar-refractivity contribution < 1.29 is 22.7 Å². The third-order valence-corrected chi connectivity index (χ3v) is 6.05. The molecule has 1 aliphatic heterocycles. The highest BCUT2D eigenvalue weighted by molar-refractivity contribution is 6.33. The van der Waals surface area contributed by atoms with Crippen molar-refractivity contribution in [3.63, 3.8) is 0 Å². The molecule has 4 rings (SSSR count). The number of nitrogens with zero attached hydrogens (tertiary/aromatic N) is 4. The molecule has 1 saturated heterocycles. The highest BCUT2D eigenvalue weighted by Gasteiger charge is 2.32. The van der Waals surface area contributed by atoms with Gasteiger partial charge in [0.2, 0.25) is 0 Å². The molecule has 0 amide bonds. The fourth-order valence-electron chi connectivity index (χ4n) is 3.75. The Kier molecular flexibility index (Phi) is 8.22. The van der Waals surface area contributed by atoms with Gasteiger partial charge in [0, 0.05) is 56.9 Å². The molecule has 0 aliphatic carbocycles. The standard InChI is InChI=1S/C26H24ClF3N4O2/c27-23-17-21(26(28,29)30)18-32-25(23)34-13-11-33(12-14-34)15-16-36-22-4-1-19(2-5-22)3-6-24(35)20-7-9-31-10-8-20/h1-10,17-18H,11-16H2/b6-3+. The van der Waals surface area contributed by atoms with Crippen LogP contribution < -0.4 is 9.64 Å². The lowest BCUT2D eigenvalue weighted by molar-refractivity contribution is -0.137. The average molecular weight is 517 g/mol. The van der Waals surface area contributed by atoms with Gasteiger partial charge in [0.25, 0.3) is 0 Å². The fraction of sp³-hybridized carbons (Fsp3) is 0.269. The first kappa shape index (κ1) is 25.7. The molecule has 0 N–H and O–H groups in total. The number of pyridine rings is 2. The number of ketones is 1. The van der Waals surface area contributed by atoms with E-state index in [0.717, 1.165) is 36.7 Å². The van der Waals surface area contributed by atoms with E-state index in [9.17, 15) is 18.0 Å². The van der Waals surface area contributed by atoms with E-state index in [2.05, 4.69) is 14.9 Å². The molecular weight excluding hydrogens is 493 g/mol. The molecule has 3 aromatic rings. The SMILES string of the molecule is O=C(/C=C/c1ccc(OCCN2CCN(c3ncc(C(F)(F)F)cc3Cl)CC2)cc1)c1ccncc1. The summed E-state index contributed by atoms with van der Waals surface area (Å²) >= 11 is 6.07. The van der Waals surface area contributed by atoms with E-state index in [4.69, 9.17) is 16.3 Å². The molecule has 0 saturated carbocycles. The molecule has 0 unspecified atom stereocenters. The van der Waals surface area contributed by atoms with E-state index in [0.29, 0.717) is 37.6 Å². The Labute approximate surface area is 212 Å². The second-order valence-corrected chi connectivity index (χ2v) is 8.61. The predicted octanol–water partition coefficient (Wildman–Crippen LogP) is 5.25. The largest absolute Gasteiger partial charge is 0.492 e. The number of hydrogen-bond donors (Lipinski definition) is 0. The Morgan fingerprint density at radius 1 is 1.06 bits per heavy atom. The zero-order chi connectivity index (χ0) is 25.5. The number of aromatic nitrogens is 2. The topological polar surface area (TPSA) is 58.6 Å². The van der Waals surface area contributed by atoms with Crippen LogP contribution in [0.4, 0.5) is 19.0 Å². The number of halogens is 4. The summed E-state index contributed by atoms with van der Waals surface area (Å²) in [5.74, 6) is 1.01. The maximum Gasteiger partial charge on any atom is 0.417 e. The fourth-order valence-corrected chi connectivity index (χ4v) is 4.04. The monoisotopic (exact) mass is 516 g/mol. The van der Waals surface area contributed by atoms with Gasteiger partial charge in [-0.05, 0) is 42.0 Å². The normalized spacial score (nSPS) is 14.8. The summed E-state index contributed by atoms with van der Waals surface area (Å²) in [4.78, 5) is 24.1. The molecule has 1 aliphatic rings. The van der Waals surface area contributed by atoms with Crippen LogP contribution in [0.5, 0.6) is 5.75 Å². The minimum atomic E-state index is -4.47. The van der Waals surface area contributed by atoms with Gasteiger partial charge < -0.3 is 9.64 Å². The van der Waals surface area contributed by atoms with Crippen LogP contribution in [0.3, 0.4) is 0 Å². The zero-order valence-corrected chi connectivity index (χ0v) is 20.0. The predicted molar refractivity (Wildman–Crippen MR) is 132 cm³/mol. The number of piperazine rings is 1. The van der Waals surface area contributed by atoms with Gasteiger partial charge in [0.05, 0.1) is 10.6 Å².